The van der Waals surface area contributed by atoms with E-state index in [1.54, 1.807) is 31.3 Å². The van der Waals surface area contributed by atoms with Gasteiger partial charge in [-0.1, -0.05) is 526 Å². The zero-order valence-corrected chi connectivity index (χ0v) is 88.3. The predicted octanol–water partition coefficient (Wildman–Crippen LogP) is 35.6. The molecule has 6 N–H and O–H groups in total. The SMILES string of the molecule is CCCCCCCCCCCCCC(C)(C)c1coc(=O)[nH]1.CCCCCCCCCCCCCC(C)(CC)c1coc(=O)[nH]1.CCCCCCCCCCCCCC(C)c1coc(=O)[nH]1.CCCCCCCCCCCCCC(CC)(CC)c1coc(=O)[nH]1.CCCCCCCCCCCCCC(CC)c1coc(=O)[nH]1.CCCCCCCCCCCCCCc1noc(=O)[nH]1. The first-order valence-electron chi connectivity index (χ1n) is 56.2. The van der Waals surface area contributed by atoms with Crippen LogP contribution in [-0.4, -0.2) is 35.1 Å². The molecule has 132 heavy (non-hydrogen) atoms. The van der Waals surface area contributed by atoms with Gasteiger partial charge in [0.05, 0.1) is 28.5 Å². The highest BCUT2D eigenvalue weighted by Gasteiger charge is 2.31. The number of hydrogen-bond acceptors (Lipinski definition) is 13. The number of rotatable bonds is 82. The van der Waals surface area contributed by atoms with Crippen molar-refractivity contribution in [2.75, 3.05) is 0 Å². The molecule has 0 radical (unpaired) electrons. The molecule has 0 saturated heterocycles. The summed E-state index contributed by atoms with van der Waals surface area (Å²) in [4.78, 5) is 82.9. The van der Waals surface area contributed by atoms with E-state index in [0.717, 1.165) is 99.1 Å². The Kier molecular flexibility index (Phi) is 81.3. The van der Waals surface area contributed by atoms with Crippen LogP contribution >= 0.6 is 0 Å². The molecular weight excluding hydrogens is 1650 g/mol. The van der Waals surface area contributed by atoms with Crippen molar-refractivity contribution in [3.63, 3.8) is 0 Å². The second-order valence-electron chi connectivity index (χ2n) is 40.4. The lowest BCUT2D eigenvalue weighted by Gasteiger charge is -2.30. The third-order valence-corrected chi connectivity index (χ3v) is 28.3. The van der Waals surface area contributed by atoms with E-state index < -0.39 is 5.76 Å². The molecule has 0 fully saturated rings. The van der Waals surface area contributed by atoms with Crippen LogP contribution in [0.1, 0.15) is 631 Å². The maximum absolute atomic E-state index is 11.3. The zero-order chi connectivity index (χ0) is 96.8. The van der Waals surface area contributed by atoms with Gasteiger partial charge in [-0.2, -0.15) is 0 Å². The zero-order valence-electron chi connectivity index (χ0n) is 88.3. The monoisotopic (exact) mass is 1860 g/mol. The lowest BCUT2D eigenvalue weighted by molar-refractivity contribution is 0.338. The van der Waals surface area contributed by atoms with Gasteiger partial charge in [0, 0.05) is 28.6 Å². The van der Waals surface area contributed by atoms with E-state index in [4.69, 9.17) is 22.1 Å². The standard InChI is InChI=1S/C21H39NO2.C20H37NO2.2C19H35NO2.C18H33NO2.C16H30N2O2/c1-4-7-8-9-10-11-12-13-14-15-16-17-21(5-2,6-3)19-18-24-20(23)22-19;1-4-6-7-8-9-10-11-12-13-14-15-16-20(3,5-2)18-17-23-19(22)21-18;1-4-5-6-7-8-9-10-11-12-13-14-15-19(2,3)17-16-22-18(21)20-17;1-3-5-6-7-8-9-10-11-12-13-14-15-17(4-2)18-16-22-19(21)20-18;1-3-4-5-6-7-8-9-10-11-12-13-14-16(2)17-15-21-18(20)19-17;1-2-3-4-5-6-7-8-9-10-11-12-13-14-15-17-16(19)20-18-15/h18H,4-17H2,1-3H3,(H,22,23);17H,4-16H2,1-3H3,(H,21,22);16H,4-15H2,1-3H3,(H,20,21);16-17H,3-15H2,1-2H3,(H,20,21);15-16H,3-14H2,1-2H3,(H,19,20);2-14H2,1H3,(H,17,18,19). The van der Waals surface area contributed by atoms with Crippen LogP contribution in [0.5, 0.6) is 0 Å². The number of unbranched alkanes of at least 4 members (excludes halogenated alkanes) is 61. The van der Waals surface area contributed by atoms with Gasteiger partial charge >= 0.3 is 34.5 Å². The smallest absolute Gasteiger partial charge is 0.416 e. The number of aromatic nitrogens is 7. The molecule has 768 valence electrons. The van der Waals surface area contributed by atoms with Crippen LogP contribution < -0.4 is 34.5 Å². The maximum Gasteiger partial charge on any atom is 0.438 e. The van der Waals surface area contributed by atoms with Gasteiger partial charge in [-0.25, -0.2) is 28.8 Å². The Hall–Kier alpha value is -6.01. The Morgan fingerprint density at radius 3 is 0.826 bits per heavy atom. The molecule has 6 aromatic heterocycles. The summed E-state index contributed by atoms with van der Waals surface area (Å²) < 4.78 is 28.8. The quantitative estimate of drug-likeness (QED) is 0.0194. The summed E-state index contributed by atoms with van der Waals surface area (Å²) in [5.41, 5.74) is 4.92. The first-order chi connectivity index (χ1) is 64.2. The molecular formula is C113H209N7O12. The molecule has 6 rings (SSSR count). The highest BCUT2D eigenvalue weighted by atomic mass is 16.5. The fourth-order valence-electron chi connectivity index (χ4n) is 18.4. The third kappa shape index (κ3) is 67.3. The number of hydrogen-bond donors (Lipinski definition) is 6. The lowest BCUT2D eigenvalue weighted by Crippen LogP contribution is -2.25. The maximum atomic E-state index is 11.3. The van der Waals surface area contributed by atoms with Gasteiger partial charge in [-0.15, -0.1) is 0 Å². The van der Waals surface area contributed by atoms with Crippen molar-refractivity contribution >= 4 is 0 Å². The van der Waals surface area contributed by atoms with Gasteiger partial charge in [0.25, 0.3) is 0 Å². The van der Waals surface area contributed by atoms with Crippen molar-refractivity contribution in [2.45, 2.75) is 619 Å². The molecule has 0 saturated carbocycles. The second-order valence-corrected chi connectivity index (χ2v) is 40.4. The van der Waals surface area contributed by atoms with Gasteiger partial charge in [-0.3, -0.25) is 34.4 Å². The van der Waals surface area contributed by atoms with Crippen LogP contribution in [0.15, 0.2) is 86.7 Å². The summed E-state index contributed by atoms with van der Waals surface area (Å²) in [6, 6.07) is 0. The van der Waals surface area contributed by atoms with Crippen molar-refractivity contribution < 1.29 is 26.6 Å². The third-order valence-electron chi connectivity index (χ3n) is 28.3. The van der Waals surface area contributed by atoms with Gasteiger partial charge < -0.3 is 22.1 Å². The van der Waals surface area contributed by atoms with E-state index in [1.165, 1.54) is 424 Å². The van der Waals surface area contributed by atoms with Crippen molar-refractivity contribution in [1.29, 1.82) is 0 Å². The highest BCUT2D eigenvalue weighted by molar-refractivity contribution is 5.12. The summed E-state index contributed by atoms with van der Waals surface area (Å²) >= 11 is 0. The number of aryl methyl sites for hydroxylation is 1. The van der Waals surface area contributed by atoms with Gasteiger partial charge in [-0.05, 0) is 70.1 Å². The molecule has 3 atom stereocenters. The summed E-state index contributed by atoms with van der Waals surface area (Å²) in [6.45, 7) is 31.1. The second kappa shape index (κ2) is 86.6. The number of nitrogens with one attached hydrogen (secondary N) is 6. The molecule has 0 aliphatic carbocycles. The largest absolute Gasteiger partial charge is 0.438 e. The van der Waals surface area contributed by atoms with E-state index >= 15 is 0 Å². The molecule has 19 heteroatoms. The Morgan fingerprint density at radius 2 is 0.538 bits per heavy atom. The first kappa shape index (κ1) is 124. The van der Waals surface area contributed by atoms with Crippen LogP contribution in [-0.2, 0) is 22.7 Å². The molecule has 0 spiro atoms. The number of H-pyrrole nitrogens is 6. The van der Waals surface area contributed by atoms with Crippen molar-refractivity contribution in [1.82, 2.24) is 35.1 Å². The molecule has 0 aliphatic heterocycles. The van der Waals surface area contributed by atoms with Crippen LogP contribution in [0.25, 0.3) is 0 Å². The number of aromatic amines is 6. The molecule has 0 aliphatic rings. The van der Waals surface area contributed by atoms with Crippen molar-refractivity contribution in [3.05, 3.63) is 129 Å². The van der Waals surface area contributed by atoms with E-state index in [2.05, 4.69) is 137 Å². The Bertz CT molecular complexity index is 3750. The topological polar surface area (TPSA) is 289 Å². The molecule has 0 bridgehead atoms. The highest BCUT2D eigenvalue weighted by Crippen LogP contribution is 2.37. The van der Waals surface area contributed by atoms with Crippen LogP contribution in [0.3, 0.4) is 0 Å². The molecule has 0 amide bonds. The Balaban J connectivity index is 0.000000793. The fourth-order valence-corrected chi connectivity index (χ4v) is 18.4. The summed E-state index contributed by atoms with van der Waals surface area (Å²) in [6.07, 6.45) is 110. The van der Waals surface area contributed by atoms with Gasteiger partial charge in [0.15, 0.2) is 5.82 Å². The van der Waals surface area contributed by atoms with Gasteiger partial charge in [0.2, 0.25) is 0 Å². The van der Waals surface area contributed by atoms with Crippen LogP contribution in [0, 0.1) is 0 Å². The minimum absolute atomic E-state index is 0.00539. The Labute approximate surface area is 805 Å². The lowest BCUT2D eigenvalue weighted by atomic mass is 9.75. The normalized spacial score (nSPS) is 12.4. The van der Waals surface area contributed by atoms with E-state index in [9.17, 15) is 28.8 Å². The molecule has 19 nitrogen and oxygen atoms in total. The Morgan fingerprint density at radius 1 is 0.265 bits per heavy atom. The van der Waals surface area contributed by atoms with E-state index in [1.807, 2.05) is 0 Å². The fraction of sp³-hybridized carbons (Fsp3) is 0.850. The summed E-state index contributed by atoms with van der Waals surface area (Å²) in [7, 11) is 0. The minimum Gasteiger partial charge on any atom is -0.416 e. The predicted molar refractivity (Wildman–Crippen MR) is 558 cm³/mol. The summed E-state index contributed by atoms with van der Waals surface area (Å²) in [5, 5.41) is 3.66. The number of oxazole rings is 5. The summed E-state index contributed by atoms with van der Waals surface area (Å²) in [5.74, 6) is -0.583. The van der Waals surface area contributed by atoms with Crippen LogP contribution in [0.2, 0.25) is 0 Å². The van der Waals surface area contributed by atoms with Crippen molar-refractivity contribution in [3.8, 4) is 0 Å². The molecule has 3 unspecified atom stereocenters. The van der Waals surface area contributed by atoms with Gasteiger partial charge in [0.1, 0.15) is 31.3 Å². The molecule has 6 aromatic rings. The number of nitrogens with zero attached hydrogens (tertiary/aromatic N) is 1. The molecule has 0 aromatic carbocycles. The first-order valence-corrected chi connectivity index (χ1v) is 56.2. The van der Waals surface area contributed by atoms with Crippen LogP contribution in [0.4, 0.5) is 0 Å². The molecule has 6 heterocycles. The average Bonchev–Trinajstić information content (AvgIpc) is 1.70. The van der Waals surface area contributed by atoms with E-state index in [-0.39, 0.29) is 45.0 Å². The van der Waals surface area contributed by atoms with E-state index in [0.29, 0.717) is 17.7 Å². The van der Waals surface area contributed by atoms with Crippen molar-refractivity contribution in [2.24, 2.45) is 0 Å². The minimum atomic E-state index is -0.445. The average molecular weight is 1860 g/mol.